The summed E-state index contributed by atoms with van der Waals surface area (Å²) in [5.74, 6) is 2.29. The lowest BCUT2D eigenvalue weighted by atomic mass is 10.1. The Morgan fingerprint density at radius 2 is 1.76 bits per heavy atom. The minimum atomic E-state index is -0.0126. The molecule has 2 aromatic carbocycles. The van der Waals surface area contributed by atoms with Gasteiger partial charge in [0.1, 0.15) is 17.3 Å². The van der Waals surface area contributed by atoms with Gasteiger partial charge in [-0.25, -0.2) is 0 Å². The Morgan fingerprint density at radius 3 is 2.64 bits per heavy atom. The molecule has 0 spiro atoms. The normalized spacial score (nSPS) is 12.0. The highest BCUT2D eigenvalue weighted by molar-refractivity contribution is 5.46. The molecule has 1 atom stereocenters. The van der Waals surface area contributed by atoms with E-state index in [-0.39, 0.29) is 6.04 Å². The predicted molar refractivity (Wildman–Crippen MR) is 93.6 cm³/mol. The maximum absolute atomic E-state index is 6.03. The number of tetrazole rings is 1. The van der Waals surface area contributed by atoms with E-state index in [9.17, 15) is 0 Å². The van der Waals surface area contributed by atoms with Gasteiger partial charge in [0, 0.05) is 5.56 Å². The van der Waals surface area contributed by atoms with Crippen LogP contribution < -0.4 is 10.1 Å². The summed E-state index contributed by atoms with van der Waals surface area (Å²) < 4.78 is 7.42. The van der Waals surface area contributed by atoms with Crippen LogP contribution in [0.3, 0.4) is 0 Å². The third kappa shape index (κ3) is 3.25. The second-order valence-corrected chi connectivity index (χ2v) is 5.56. The largest absolute Gasteiger partial charge is 0.457 e. The number of fused-ring (bicyclic) bond motifs is 1. The number of anilines is 1. The molecule has 0 radical (unpaired) electrons. The van der Waals surface area contributed by atoms with E-state index in [2.05, 4.69) is 32.9 Å². The van der Waals surface area contributed by atoms with E-state index >= 15 is 0 Å². The highest BCUT2D eigenvalue weighted by Crippen LogP contribution is 2.30. The number of rotatable bonds is 5. The van der Waals surface area contributed by atoms with Crippen molar-refractivity contribution in [1.82, 2.24) is 25.3 Å². The van der Waals surface area contributed by atoms with Crippen molar-refractivity contribution in [1.29, 1.82) is 0 Å². The third-order valence-corrected chi connectivity index (χ3v) is 3.79. The number of hydrogen-bond donors (Lipinski definition) is 1. The van der Waals surface area contributed by atoms with Crippen LogP contribution in [0.4, 0.5) is 5.82 Å². The smallest absolute Gasteiger partial charge is 0.200 e. The first-order chi connectivity index (χ1) is 12.3. The van der Waals surface area contributed by atoms with Crippen molar-refractivity contribution in [2.45, 2.75) is 13.0 Å². The van der Waals surface area contributed by atoms with E-state index in [4.69, 9.17) is 4.74 Å². The van der Waals surface area contributed by atoms with Crippen LogP contribution in [0, 0.1) is 0 Å². The zero-order chi connectivity index (χ0) is 17.1. The second-order valence-electron chi connectivity index (χ2n) is 5.56. The van der Waals surface area contributed by atoms with E-state index in [1.54, 1.807) is 0 Å². The van der Waals surface area contributed by atoms with E-state index in [1.807, 2.05) is 66.7 Å². The van der Waals surface area contributed by atoms with Crippen LogP contribution in [0.15, 0.2) is 66.7 Å². The molecular weight excluding hydrogens is 316 g/mol. The van der Waals surface area contributed by atoms with Crippen LogP contribution in [0.25, 0.3) is 5.65 Å². The monoisotopic (exact) mass is 332 g/mol. The minimum Gasteiger partial charge on any atom is -0.457 e. The number of nitrogens with one attached hydrogen (secondary N) is 1. The molecule has 0 aliphatic heterocycles. The van der Waals surface area contributed by atoms with Crippen LogP contribution in [-0.4, -0.2) is 25.3 Å². The van der Waals surface area contributed by atoms with Crippen LogP contribution in [0.5, 0.6) is 11.5 Å². The Hall–Kier alpha value is -3.48. The lowest BCUT2D eigenvalue weighted by Gasteiger charge is -2.18. The van der Waals surface area contributed by atoms with Crippen LogP contribution in [0.1, 0.15) is 18.5 Å². The third-order valence-electron chi connectivity index (χ3n) is 3.79. The molecule has 7 nitrogen and oxygen atoms in total. The van der Waals surface area contributed by atoms with Gasteiger partial charge >= 0.3 is 0 Å². The molecule has 0 bridgehead atoms. The van der Waals surface area contributed by atoms with Crippen LogP contribution >= 0.6 is 0 Å². The van der Waals surface area contributed by atoms with Crippen molar-refractivity contribution < 1.29 is 4.74 Å². The quantitative estimate of drug-likeness (QED) is 0.603. The maximum atomic E-state index is 6.03. The number of para-hydroxylation sites is 2. The number of nitrogens with zero attached hydrogens (tertiary/aromatic N) is 5. The van der Waals surface area contributed by atoms with Gasteiger partial charge in [0.25, 0.3) is 0 Å². The summed E-state index contributed by atoms with van der Waals surface area (Å²) in [6.07, 6.45) is 0. The SMILES string of the molecule is C[C@@H](Nc1ccc2nnnn2n1)c1ccccc1Oc1ccccc1. The fraction of sp³-hybridized carbons (Fsp3) is 0.111. The molecule has 25 heavy (non-hydrogen) atoms. The van der Waals surface area contributed by atoms with Crippen molar-refractivity contribution >= 4 is 11.5 Å². The Kier molecular flexibility index (Phi) is 3.96. The van der Waals surface area contributed by atoms with Crippen molar-refractivity contribution in [2.75, 3.05) is 5.32 Å². The van der Waals surface area contributed by atoms with Gasteiger partial charge in [0.15, 0.2) is 5.65 Å². The van der Waals surface area contributed by atoms with Gasteiger partial charge in [0.2, 0.25) is 0 Å². The highest BCUT2D eigenvalue weighted by Gasteiger charge is 2.13. The summed E-state index contributed by atoms with van der Waals surface area (Å²) in [7, 11) is 0. The lowest BCUT2D eigenvalue weighted by molar-refractivity contribution is 0.473. The first kappa shape index (κ1) is 15.1. The van der Waals surface area contributed by atoms with Gasteiger partial charge in [-0.1, -0.05) is 36.4 Å². The summed E-state index contributed by atoms with van der Waals surface area (Å²) in [6.45, 7) is 2.05. The first-order valence-electron chi connectivity index (χ1n) is 7.93. The Bertz CT molecular complexity index is 985. The standard InChI is InChI=1S/C18H16N6O/c1-13(19-17-11-12-18-20-22-23-24(18)21-17)15-9-5-6-10-16(15)25-14-7-3-2-4-8-14/h2-13H,1H3,(H,19,21)/t13-/m1/s1. The molecule has 0 amide bonds. The van der Waals surface area contributed by atoms with Crippen molar-refractivity contribution in [3.8, 4) is 11.5 Å². The van der Waals surface area contributed by atoms with Gasteiger partial charge in [-0.05, 0) is 47.7 Å². The zero-order valence-electron chi connectivity index (χ0n) is 13.6. The van der Waals surface area contributed by atoms with Gasteiger partial charge in [-0.3, -0.25) is 0 Å². The molecular formula is C18H16N6O. The molecule has 2 aromatic heterocycles. The summed E-state index contributed by atoms with van der Waals surface area (Å²) in [4.78, 5) is 0. The number of hydrogen-bond acceptors (Lipinski definition) is 6. The highest BCUT2D eigenvalue weighted by atomic mass is 16.5. The average molecular weight is 332 g/mol. The molecule has 0 aliphatic rings. The molecule has 0 saturated heterocycles. The molecule has 124 valence electrons. The lowest BCUT2D eigenvalue weighted by Crippen LogP contribution is -2.10. The maximum Gasteiger partial charge on any atom is 0.200 e. The van der Waals surface area contributed by atoms with E-state index in [1.165, 1.54) is 4.63 Å². The van der Waals surface area contributed by atoms with Crippen LogP contribution in [0.2, 0.25) is 0 Å². The first-order valence-corrected chi connectivity index (χ1v) is 7.93. The number of ether oxygens (including phenoxy) is 1. The van der Waals surface area contributed by atoms with Gasteiger partial charge in [-0.2, -0.15) is 0 Å². The topological polar surface area (TPSA) is 77.2 Å². The molecule has 4 aromatic rings. The fourth-order valence-electron chi connectivity index (χ4n) is 2.57. The van der Waals surface area contributed by atoms with Gasteiger partial charge in [0.05, 0.1) is 6.04 Å². The molecule has 4 rings (SSSR count). The van der Waals surface area contributed by atoms with Crippen molar-refractivity contribution in [3.05, 3.63) is 72.3 Å². The number of benzene rings is 2. The molecule has 1 N–H and O–H groups in total. The average Bonchev–Trinajstić information content (AvgIpc) is 3.11. The Morgan fingerprint density at radius 1 is 0.960 bits per heavy atom. The van der Waals surface area contributed by atoms with Crippen LogP contribution in [-0.2, 0) is 0 Å². The van der Waals surface area contributed by atoms with E-state index in [0.717, 1.165) is 17.1 Å². The zero-order valence-corrected chi connectivity index (χ0v) is 13.6. The molecule has 7 heteroatoms. The molecule has 2 heterocycles. The van der Waals surface area contributed by atoms with Gasteiger partial charge in [-0.15, -0.1) is 14.8 Å². The number of aromatic nitrogens is 5. The molecule has 0 unspecified atom stereocenters. The molecule has 0 saturated carbocycles. The predicted octanol–water partition coefficient (Wildman–Crippen LogP) is 3.48. The molecule has 0 fully saturated rings. The summed E-state index contributed by atoms with van der Waals surface area (Å²) in [5, 5.41) is 19.0. The Labute approximate surface area is 144 Å². The van der Waals surface area contributed by atoms with Gasteiger partial charge < -0.3 is 10.1 Å². The summed E-state index contributed by atoms with van der Waals surface area (Å²) in [5.41, 5.74) is 1.64. The van der Waals surface area contributed by atoms with Crippen molar-refractivity contribution in [3.63, 3.8) is 0 Å². The second kappa shape index (κ2) is 6.56. The van der Waals surface area contributed by atoms with E-state index < -0.39 is 0 Å². The summed E-state index contributed by atoms with van der Waals surface area (Å²) in [6, 6.07) is 21.3. The minimum absolute atomic E-state index is 0.0126. The Balaban J connectivity index is 1.58. The van der Waals surface area contributed by atoms with Crippen molar-refractivity contribution in [2.24, 2.45) is 0 Å². The van der Waals surface area contributed by atoms with E-state index in [0.29, 0.717) is 11.5 Å². The summed E-state index contributed by atoms with van der Waals surface area (Å²) >= 11 is 0. The fourth-order valence-corrected chi connectivity index (χ4v) is 2.57. The molecule has 0 aliphatic carbocycles.